The number of nitro benzene ring substituents is 1. The van der Waals surface area contributed by atoms with Crippen molar-refractivity contribution >= 4 is 52.3 Å². The van der Waals surface area contributed by atoms with Gasteiger partial charge >= 0.3 is 0 Å². The average Bonchev–Trinajstić information content (AvgIpc) is 3.10. The number of ether oxygens (including phenoxy) is 2. The van der Waals surface area contributed by atoms with E-state index in [9.17, 15) is 24.5 Å². The lowest BCUT2D eigenvalue weighted by Gasteiger charge is -2.50. The summed E-state index contributed by atoms with van der Waals surface area (Å²) in [6, 6.07) is 10.7. The summed E-state index contributed by atoms with van der Waals surface area (Å²) in [5.41, 5.74) is 0.297. The zero-order valence-corrected chi connectivity index (χ0v) is 20.8. The van der Waals surface area contributed by atoms with Crippen LogP contribution in [0.4, 0.5) is 11.4 Å². The summed E-state index contributed by atoms with van der Waals surface area (Å²) in [4.78, 5) is 53.1. The number of rotatable bonds is 6. The second kappa shape index (κ2) is 9.06. The molecule has 0 aromatic heterocycles. The molecule has 188 valence electrons. The predicted molar refractivity (Wildman–Crippen MR) is 134 cm³/mol. The van der Waals surface area contributed by atoms with Gasteiger partial charge in [0.15, 0.2) is 0 Å². The molecule has 0 saturated carbocycles. The number of imide groups is 1. The molecule has 10 nitrogen and oxygen atoms in total. The van der Waals surface area contributed by atoms with E-state index in [0.29, 0.717) is 22.7 Å². The van der Waals surface area contributed by atoms with Crippen LogP contribution in [0.25, 0.3) is 0 Å². The van der Waals surface area contributed by atoms with Gasteiger partial charge in [0.2, 0.25) is 0 Å². The zero-order chi connectivity index (χ0) is 26.6. The highest BCUT2D eigenvalue weighted by Gasteiger charge is 2.58. The van der Waals surface area contributed by atoms with Crippen LogP contribution in [0.5, 0.6) is 11.5 Å². The van der Waals surface area contributed by atoms with E-state index < -0.39 is 34.7 Å². The molecule has 0 N–H and O–H groups in total. The van der Waals surface area contributed by atoms with Crippen molar-refractivity contribution in [1.29, 1.82) is 0 Å². The minimum Gasteiger partial charge on any atom is -0.497 e. The first-order valence-electron chi connectivity index (χ1n) is 10.8. The molecule has 1 fully saturated rings. The number of amides is 3. The number of β-lactam (4-membered cyclic amide) rings is 1. The van der Waals surface area contributed by atoms with E-state index in [4.69, 9.17) is 32.7 Å². The van der Waals surface area contributed by atoms with Gasteiger partial charge in [0.1, 0.15) is 17.5 Å². The van der Waals surface area contributed by atoms with Gasteiger partial charge in [-0.25, -0.2) is 0 Å². The monoisotopic (exact) mass is 541 g/mol. The molecule has 0 unspecified atom stereocenters. The molecule has 3 aromatic carbocycles. The Morgan fingerprint density at radius 2 is 1.49 bits per heavy atom. The number of nitrogens with zero attached hydrogens (tertiary/aromatic N) is 3. The standard InChI is InChI=1S/C25H17Cl2N3O7/c1-36-16-4-6-20(37-2)19(11-16)21-22(25(33)28(21)15-8-12(26)7-13(27)9-15)29-23(31)17-5-3-14(30(34)35)10-18(17)24(29)32/h3-11,21-22H,1-2H3/t21-,22-/m0/s1. The fraction of sp³-hybridized carbons (Fsp3) is 0.160. The fourth-order valence-electron chi connectivity index (χ4n) is 4.68. The second-order valence-corrected chi connectivity index (χ2v) is 9.17. The van der Waals surface area contributed by atoms with E-state index in [2.05, 4.69) is 0 Å². The molecule has 2 atom stereocenters. The van der Waals surface area contributed by atoms with E-state index in [1.165, 1.54) is 43.4 Å². The summed E-state index contributed by atoms with van der Waals surface area (Å²) in [6.07, 6.45) is 0. The topological polar surface area (TPSA) is 119 Å². The Morgan fingerprint density at radius 3 is 2.11 bits per heavy atom. The normalized spacial score (nSPS) is 18.5. The summed E-state index contributed by atoms with van der Waals surface area (Å²) < 4.78 is 10.9. The molecule has 37 heavy (non-hydrogen) atoms. The summed E-state index contributed by atoms with van der Waals surface area (Å²) in [6.45, 7) is 0. The Morgan fingerprint density at radius 1 is 0.811 bits per heavy atom. The highest BCUT2D eigenvalue weighted by atomic mass is 35.5. The first kappa shape index (κ1) is 24.5. The van der Waals surface area contributed by atoms with Crippen molar-refractivity contribution < 1.29 is 28.8 Å². The number of hydrogen-bond donors (Lipinski definition) is 0. The van der Waals surface area contributed by atoms with Gasteiger partial charge in [-0.2, -0.15) is 0 Å². The maximum Gasteiger partial charge on any atom is 0.270 e. The third kappa shape index (κ3) is 3.85. The van der Waals surface area contributed by atoms with Crippen LogP contribution in [-0.2, 0) is 4.79 Å². The van der Waals surface area contributed by atoms with Crippen LogP contribution < -0.4 is 14.4 Å². The third-order valence-corrected chi connectivity index (χ3v) is 6.78. The molecule has 5 rings (SSSR count). The van der Waals surface area contributed by atoms with Gasteiger partial charge in [-0.3, -0.25) is 29.4 Å². The van der Waals surface area contributed by atoms with E-state index in [1.807, 2.05) is 0 Å². The molecule has 1 saturated heterocycles. The van der Waals surface area contributed by atoms with Crippen molar-refractivity contribution in [1.82, 2.24) is 4.90 Å². The number of anilines is 1. The number of carbonyl (C=O) groups excluding carboxylic acids is 3. The first-order valence-corrected chi connectivity index (χ1v) is 11.6. The van der Waals surface area contributed by atoms with E-state index in [1.54, 1.807) is 18.2 Å². The number of carbonyl (C=O) groups is 3. The van der Waals surface area contributed by atoms with Crippen molar-refractivity contribution in [3.63, 3.8) is 0 Å². The summed E-state index contributed by atoms with van der Waals surface area (Å²) in [5, 5.41) is 11.8. The van der Waals surface area contributed by atoms with Crippen LogP contribution >= 0.6 is 23.2 Å². The van der Waals surface area contributed by atoms with Crippen LogP contribution in [0.2, 0.25) is 10.0 Å². The smallest absolute Gasteiger partial charge is 0.270 e. The SMILES string of the molecule is COc1ccc(OC)c([C@H]2[C@H](N3C(=O)c4ccc([N+](=O)[O-])cc4C3=O)C(=O)N2c2cc(Cl)cc(Cl)c2)c1. The Balaban J connectivity index is 1.65. The van der Waals surface area contributed by atoms with Gasteiger partial charge in [0, 0.05) is 33.4 Å². The van der Waals surface area contributed by atoms with Crippen molar-refractivity contribution in [3.8, 4) is 11.5 Å². The first-order chi connectivity index (χ1) is 17.7. The zero-order valence-electron chi connectivity index (χ0n) is 19.3. The van der Waals surface area contributed by atoms with Gasteiger partial charge in [-0.1, -0.05) is 23.2 Å². The predicted octanol–water partition coefficient (Wildman–Crippen LogP) is 4.67. The number of benzene rings is 3. The van der Waals surface area contributed by atoms with E-state index in [0.717, 1.165) is 17.0 Å². The van der Waals surface area contributed by atoms with Crippen molar-refractivity contribution in [2.45, 2.75) is 12.1 Å². The van der Waals surface area contributed by atoms with E-state index in [-0.39, 0.29) is 26.9 Å². The molecule has 2 heterocycles. The highest BCUT2D eigenvalue weighted by molar-refractivity contribution is 6.35. The maximum atomic E-state index is 13.6. The van der Waals surface area contributed by atoms with Crippen LogP contribution in [-0.4, -0.2) is 47.8 Å². The number of fused-ring (bicyclic) bond motifs is 1. The molecule has 0 aliphatic carbocycles. The van der Waals surface area contributed by atoms with Crippen molar-refractivity contribution in [2.75, 3.05) is 19.1 Å². The molecule has 0 spiro atoms. The Labute approximate surface area is 220 Å². The van der Waals surface area contributed by atoms with Crippen LogP contribution in [0.3, 0.4) is 0 Å². The Kier molecular flexibility index (Phi) is 6.01. The average molecular weight is 542 g/mol. The number of halogens is 2. The molecule has 3 aromatic rings. The Hall–Kier alpha value is -4.15. The number of non-ortho nitro benzene ring substituents is 1. The molecule has 0 radical (unpaired) electrons. The summed E-state index contributed by atoms with van der Waals surface area (Å²) in [7, 11) is 2.92. The molecule has 0 bridgehead atoms. The van der Waals surface area contributed by atoms with Gasteiger partial charge in [-0.15, -0.1) is 0 Å². The maximum absolute atomic E-state index is 13.6. The number of hydrogen-bond acceptors (Lipinski definition) is 7. The van der Waals surface area contributed by atoms with Crippen molar-refractivity contribution in [2.24, 2.45) is 0 Å². The number of nitro groups is 1. The second-order valence-electron chi connectivity index (χ2n) is 8.30. The lowest BCUT2D eigenvalue weighted by molar-refractivity contribution is -0.384. The quantitative estimate of drug-likeness (QED) is 0.192. The lowest BCUT2D eigenvalue weighted by atomic mass is 9.85. The van der Waals surface area contributed by atoms with Gasteiger partial charge < -0.3 is 14.4 Å². The van der Waals surface area contributed by atoms with Crippen LogP contribution in [0, 0.1) is 10.1 Å². The third-order valence-electron chi connectivity index (χ3n) is 6.34. The largest absolute Gasteiger partial charge is 0.497 e. The van der Waals surface area contributed by atoms with Crippen LogP contribution in [0.15, 0.2) is 54.6 Å². The lowest BCUT2D eigenvalue weighted by Crippen LogP contribution is -2.67. The highest BCUT2D eigenvalue weighted by Crippen LogP contribution is 2.48. The minimum absolute atomic E-state index is 0.0241. The summed E-state index contributed by atoms with van der Waals surface area (Å²) in [5.74, 6) is -1.27. The molecule has 3 amide bonds. The molecule has 12 heteroatoms. The Bertz CT molecular complexity index is 1490. The molecule has 2 aliphatic rings. The number of methoxy groups -OCH3 is 2. The summed E-state index contributed by atoms with van der Waals surface area (Å²) >= 11 is 12.4. The van der Waals surface area contributed by atoms with Gasteiger partial charge in [0.05, 0.1) is 36.3 Å². The van der Waals surface area contributed by atoms with Gasteiger partial charge in [0.25, 0.3) is 23.4 Å². The van der Waals surface area contributed by atoms with E-state index >= 15 is 0 Å². The molecular weight excluding hydrogens is 525 g/mol. The van der Waals surface area contributed by atoms with Crippen molar-refractivity contribution in [3.05, 3.63) is 91.4 Å². The molecule has 2 aliphatic heterocycles. The van der Waals surface area contributed by atoms with Crippen LogP contribution in [0.1, 0.15) is 32.3 Å². The van der Waals surface area contributed by atoms with Gasteiger partial charge in [-0.05, 0) is 42.5 Å². The molecular formula is C25H17Cl2N3O7. The minimum atomic E-state index is -1.27. The fourth-order valence-corrected chi connectivity index (χ4v) is 5.20.